The molecule has 2 aromatic rings. The lowest BCUT2D eigenvalue weighted by molar-refractivity contribution is -0.140. The number of carbonyl (C=O) groups excluding carboxylic acids is 2. The van der Waals surface area contributed by atoms with Crippen molar-refractivity contribution in [3.63, 3.8) is 0 Å². The fourth-order valence-electron chi connectivity index (χ4n) is 4.11. The number of halogens is 1. The molecule has 1 aliphatic heterocycles. The Hall–Kier alpha value is -3.23. The molecule has 0 saturated carbocycles. The predicted octanol–water partition coefficient (Wildman–Crippen LogP) is 4.99. The molecule has 1 atom stereocenters. The van der Waals surface area contributed by atoms with Crippen molar-refractivity contribution in [2.24, 2.45) is 0 Å². The van der Waals surface area contributed by atoms with Gasteiger partial charge in [-0.05, 0) is 63.1 Å². The van der Waals surface area contributed by atoms with Crippen molar-refractivity contribution in [1.29, 1.82) is 0 Å². The van der Waals surface area contributed by atoms with Crippen LogP contribution >= 0.6 is 11.6 Å². The number of ether oxygens (including phenoxy) is 4. The standard InChI is InChI=1S/C27H32ClNO7/c1-6-35-22-14-17(9-11-20(22)33-4)24-23(25(30)18-8-10-19(28)21(15-18)34-5)26(31)27(32)29(24)12-7-13-36-16(2)3/h8-11,14-16,24,30H,6-7,12-13H2,1-5H3/b25-23-. The molecule has 36 heavy (non-hydrogen) atoms. The van der Waals surface area contributed by atoms with Crippen LogP contribution in [0.5, 0.6) is 17.2 Å². The Balaban J connectivity index is 2.13. The summed E-state index contributed by atoms with van der Waals surface area (Å²) in [7, 11) is 2.99. The Morgan fingerprint density at radius 1 is 1.06 bits per heavy atom. The minimum absolute atomic E-state index is 0.0261. The lowest BCUT2D eigenvalue weighted by atomic mass is 9.95. The summed E-state index contributed by atoms with van der Waals surface area (Å²) in [5.74, 6) is -0.459. The van der Waals surface area contributed by atoms with E-state index >= 15 is 0 Å². The van der Waals surface area contributed by atoms with E-state index in [0.717, 1.165) is 0 Å². The van der Waals surface area contributed by atoms with E-state index in [0.29, 0.717) is 53.0 Å². The third-order valence-electron chi connectivity index (χ3n) is 5.76. The monoisotopic (exact) mass is 517 g/mol. The first-order valence-corrected chi connectivity index (χ1v) is 12.2. The highest BCUT2D eigenvalue weighted by Gasteiger charge is 2.46. The number of nitrogens with zero attached hydrogens (tertiary/aromatic N) is 1. The van der Waals surface area contributed by atoms with Gasteiger partial charge in [0.25, 0.3) is 11.7 Å². The Kier molecular flexibility index (Phi) is 9.23. The highest BCUT2D eigenvalue weighted by molar-refractivity contribution is 6.46. The number of hydrogen-bond acceptors (Lipinski definition) is 7. The first-order chi connectivity index (χ1) is 17.2. The molecule has 1 saturated heterocycles. The van der Waals surface area contributed by atoms with Gasteiger partial charge in [-0.15, -0.1) is 0 Å². The molecule has 1 N–H and O–H groups in total. The van der Waals surface area contributed by atoms with Crippen molar-refractivity contribution in [3.8, 4) is 17.2 Å². The zero-order chi connectivity index (χ0) is 26.4. The largest absolute Gasteiger partial charge is 0.507 e. The second-order valence-corrected chi connectivity index (χ2v) is 8.87. The minimum atomic E-state index is -0.837. The van der Waals surface area contributed by atoms with Gasteiger partial charge in [-0.2, -0.15) is 0 Å². The maximum atomic E-state index is 13.3. The summed E-state index contributed by atoms with van der Waals surface area (Å²) in [6.45, 7) is 6.80. The van der Waals surface area contributed by atoms with E-state index in [-0.39, 0.29) is 24.0 Å². The van der Waals surface area contributed by atoms with Crippen LogP contribution in [0.25, 0.3) is 5.76 Å². The molecular formula is C27H32ClNO7. The van der Waals surface area contributed by atoms with Crippen LogP contribution in [0.1, 0.15) is 44.4 Å². The Labute approximate surface area is 216 Å². The van der Waals surface area contributed by atoms with E-state index in [4.69, 9.17) is 30.5 Å². The number of benzene rings is 2. The van der Waals surface area contributed by atoms with Crippen molar-refractivity contribution in [2.75, 3.05) is 34.0 Å². The summed E-state index contributed by atoms with van der Waals surface area (Å²) in [4.78, 5) is 27.9. The van der Waals surface area contributed by atoms with Crippen LogP contribution in [-0.4, -0.2) is 61.8 Å². The van der Waals surface area contributed by atoms with Gasteiger partial charge in [0.1, 0.15) is 11.5 Å². The van der Waals surface area contributed by atoms with Crippen LogP contribution in [0.3, 0.4) is 0 Å². The molecule has 2 aromatic carbocycles. The van der Waals surface area contributed by atoms with Gasteiger partial charge in [0.2, 0.25) is 0 Å². The highest BCUT2D eigenvalue weighted by atomic mass is 35.5. The smallest absolute Gasteiger partial charge is 0.295 e. The number of rotatable bonds is 11. The molecule has 1 aliphatic rings. The summed E-state index contributed by atoms with van der Waals surface area (Å²) in [6.07, 6.45) is 0.566. The summed E-state index contributed by atoms with van der Waals surface area (Å²) in [5.41, 5.74) is 0.883. The van der Waals surface area contributed by atoms with Crippen molar-refractivity contribution in [1.82, 2.24) is 4.90 Å². The number of carbonyl (C=O) groups is 2. The lowest BCUT2D eigenvalue weighted by Crippen LogP contribution is -2.31. The molecule has 1 unspecified atom stereocenters. The van der Waals surface area contributed by atoms with Crippen LogP contribution in [-0.2, 0) is 14.3 Å². The van der Waals surface area contributed by atoms with Crippen molar-refractivity contribution in [2.45, 2.75) is 39.3 Å². The molecule has 1 amide bonds. The summed E-state index contributed by atoms with van der Waals surface area (Å²) >= 11 is 6.14. The molecule has 3 rings (SSSR count). The van der Waals surface area contributed by atoms with E-state index in [1.807, 2.05) is 20.8 Å². The second kappa shape index (κ2) is 12.1. The summed E-state index contributed by atoms with van der Waals surface area (Å²) in [5, 5.41) is 11.6. The maximum Gasteiger partial charge on any atom is 0.295 e. The van der Waals surface area contributed by atoms with Gasteiger partial charge in [0.15, 0.2) is 11.5 Å². The molecule has 8 nitrogen and oxygen atoms in total. The molecule has 0 bridgehead atoms. The van der Waals surface area contributed by atoms with Crippen molar-refractivity contribution >= 4 is 29.1 Å². The van der Waals surface area contributed by atoms with Gasteiger partial charge >= 0.3 is 0 Å². The maximum absolute atomic E-state index is 13.3. The molecule has 194 valence electrons. The Morgan fingerprint density at radius 3 is 2.42 bits per heavy atom. The van der Waals surface area contributed by atoms with Crippen molar-refractivity contribution in [3.05, 3.63) is 58.1 Å². The zero-order valence-corrected chi connectivity index (χ0v) is 21.9. The van der Waals surface area contributed by atoms with Gasteiger partial charge in [-0.1, -0.05) is 17.7 Å². The second-order valence-electron chi connectivity index (χ2n) is 8.46. The Morgan fingerprint density at radius 2 is 1.78 bits per heavy atom. The molecule has 1 fully saturated rings. The normalized spacial score (nSPS) is 17.1. The lowest BCUT2D eigenvalue weighted by Gasteiger charge is -2.26. The number of amides is 1. The SMILES string of the molecule is CCOc1cc(C2/C(=C(/O)c3ccc(Cl)c(OC)c3)C(=O)C(=O)N2CCCOC(C)C)ccc1OC. The van der Waals surface area contributed by atoms with Gasteiger partial charge in [-0.3, -0.25) is 9.59 Å². The minimum Gasteiger partial charge on any atom is -0.507 e. The van der Waals surface area contributed by atoms with Crippen LogP contribution in [0.4, 0.5) is 0 Å². The van der Waals surface area contributed by atoms with E-state index in [1.165, 1.54) is 25.2 Å². The zero-order valence-electron chi connectivity index (χ0n) is 21.2. The fourth-order valence-corrected chi connectivity index (χ4v) is 4.30. The molecule has 0 spiro atoms. The average Bonchev–Trinajstić information content (AvgIpc) is 3.11. The average molecular weight is 518 g/mol. The number of ketones is 1. The van der Waals surface area contributed by atoms with Crippen LogP contribution < -0.4 is 14.2 Å². The number of Topliss-reactive ketones (excluding diaryl/α,β-unsaturated/α-hetero) is 1. The highest BCUT2D eigenvalue weighted by Crippen LogP contribution is 2.42. The van der Waals surface area contributed by atoms with Gasteiger partial charge in [0.05, 0.1) is 43.6 Å². The first kappa shape index (κ1) is 27.4. The topological polar surface area (TPSA) is 94.5 Å². The predicted molar refractivity (Wildman–Crippen MR) is 137 cm³/mol. The first-order valence-electron chi connectivity index (χ1n) is 11.8. The fraction of sp³-hybridized carbons (Fsp3) is 0.407. The summed E-state index contributed by atoms with van der Waals surface area (Å²) < 4.78 is 22.0. The van der Waals surface area contributed by atoms with Gasteiger partial charge < -0.3 is 29.0 Å². The van der Waals surface area contributed by atoms with Crippen LogP contribution in [0.2, 0.25) is 5.02 Å². The third kappa shape index (κ3) is 5.77. The number of hydrogen-bond donors (Lipinski definition) is 1. The van der Waals surface area contributed by atoms with E-state index in [2.05, 4.69) is 0 Å². The molecule has 0 aromatic heterocycles. The van der Waals surface area contributed by atoms with Gasteiger partial charge in [0, 0.05) is 18.7 Å². The molecule has 1 heterocycles. The third-order valence-corrected chi connectivity index (χ3v) is 6.07. The van der Waals surface area contributed by atoms with E-state index in [9.17, 15) is 14.7 Å². The van der Waals surface area contributed by atoms with Crippen molar-refractivity contribution < 1.29 is 33.6 Å². The van der Waals surface area contributed by atoms with Gasteiger partial charge in [-0.25, -0.2) is 0 Å². The Bertz CT molecular complexity index is 1140. The number of methoxy groups -OCH3 is 2. The van der Waals surface area contributed by atoms with Crippen LogP contribution in [0.15, 0.2) is 42.0 Å². The summed E-state index contributed by atoms with van der Waals surface area (Å²) in [6, 6.07) is 9.02. The number of likely N-dealkylation sites (tertiary alicyclic amines) is 1. The molecule has 0 aliphatic carbocycles. The number of aliphatic hydroxyl groups excluding tert-OH is 1. The molecular weight excluding hydrogens is 486 g/mol. The number of aliphatic hydroxyl groups is 1. The van der Waals surface area contributed by atoms with Crippen LogP contribution in [0, 0.1) is 0 Å². The molecule has 9 heteroatoms. The van der Waals surface area contributed by atoms with E-state index < -0.39 is 17.7 Å². The van der Waals surface area contributed by atoms with E-state index in [1.54, 1.807) is 30.3 Å². The quantitative estimate of drug-likeness (QED) is 0.194. The molecule has 0 radical (unpaired) electrons.